The number of nitriles is 3. The lowest BCUT2D eigenvalue weighted by Gasteiger charge is -2.16. The first-order valence-electron chi connectivity index (χ1n) is 34.8. The van der Waals surface area contributed by atoms with E-state index in [-0.39, 0.29) is 39.7 Å². The van der Waals surface area contributed by atoms with Crippen LogP contribution in [0.4, 0.5) is 45.5 Å². The number of pyridine rings is 3. The van der Waals surface area contributed by atoms with Crippen LogP contribution in [0.1, 0.15) is 66.7 Å². The Bertz CT molecular complexity index is 5310. The fraction of sp³-hybridized carbons (Fsp3) is 0.180. The zero-order chi connectivity index (χ0) is 79.6. The van der Waals surface area contributed by atoms with Crippen LogP contribution in [0.3, 0.4) is 0 Å². The SMILES string of the molecule is C.C.C.CCOc1cc2ncc(C#N)c(Cl)c2cc1NC(C)=O.CCOc1cc2ncc(C#N)c(Nc3ccc(Oc4ccccc4)cc3)c2cc1N.CCOc1cc2ncc(C#N)c(Nc3ccc(Oc4ccccc4)cc3)c2cc1NC(=O)/C=C/CN(C)C.CN(C)C/C=C/C(=O)Cl.Nc1ccc(Oc2ccccc2)cc1. The minimum Gasteiger partial charge on any atom is -0.492 e. The standard InChI is InChI=1S/C30H29N5O3.C24H20N4O2.C14H12ClN3O2.C12H11NO.C6H10ClNO.3CH4/c1-4-37-28-18-26-25(17-27(28)34-29(36)11-8-16-35(2)3)30(21(19-31)20-32-26)33-22-12-14-24(15-13-22)38-23-9-6-5-7-10-23;1-2-29-23-13-22-20(12-21(23)26)24(16(14-25)15-27-22)28-17-8-10-19(11-9-17)30-18-6-4-3-5-7-18;1-3-20-13-5-11-10(4-12(13)18-8(2)19)14(15)9(6-16)7-17-11;13-10-6-8-12(9-7-10)14-11-4-2-1-3-5-11;1-8(2)5-3-4-6(7)9;;;/h5-15,17-18,20H,4,16H2,1-3H3,(H,32,33)(H,34,36);3-13,15H,2,26H2,1H3,(H,27,28);4-5,7H,3H2,1-2H3,(H,18,19);1-9H,13H2;3-4H,5H2,1-2H3;3*1H4/b11-8+;;;;4-3+;;;. The molecule has 3 heterocycles. The molecule has 0 radical (unpaired) electrons. The number of ether oxygens (including phenoxy) is 6. The van der Waals surface area contributed by atoms with E-state index in [0.29, 0.717) is 121 Å². The van der Waals surface area contributed by atoms with E-state index in [1.165, 1.54) is 31.5 Å². The largest absolute Gasteiger partial charge is 0.492 e. The van der Waals surface area contributed by atoms with Crippen molar-refractivity contribution in [3.63, 3.8) is 0 Å². The summed E-state index contributed by atoms with van der Waals surface area (Å²) in [4.78, 5) is 50.8. The van der Waals surface area contributed by atoms with Gasteiger partial charge < -0.3 is 71.0 Å². The summed E-state index contributed by atoms with van der Waals surface area (Å²) in [6.07, 6.45) is 10.8. The number of aromatic nitrogens is 3. The fourth-order valence-corrected chi connectivity index (χ4v) is 10.5. The third-order valence-electron chi connectivity index (χ3n) is 15.2. The smallest absolute Gasteiger partial charge is 0.248 e. The Balaban J connectivity index is 0.000000272. The van der Waals surface area contributed by atoms with Crippen molar-refractivity contribution < 1.29 is 42.8 Å². The van der Waals surface area contributed by atoms with Crippen LogP contribution in [-0.4, -0.2) is 103 Å². The van der Waals surface area contributed by atoms with Crippen LogP contribution in [0.5, 0.6) is 51.7 Å². The number of carbonyl (C=O) groups is 3. The summed E-state index contributed by atoms with van der Waals surface area (Å²) in [5, 5.41) is 42.5. The maximum Gasteiger partial charge on any atom is 0.248 e. The number of nitrogens with zero attached hydrogens (tertiary/aromatic N) is 8. The second kappa shape index (κ2) is 46.7. The Morgan fingerprint density at radius 3 is 1.21 bits per heavy atom. The van der Waals surface area contributed by atoms with Crippen molar-refractivity contribution in [2.75, 3.05) is 93.8 Å². The van der Waals surface area contributed by atoms with Crippen molar-refractivity contribution in [1.29, 1.82) is 15.8 Å². The molecule has 12 aromatic rings. The lowest BCUT2D eigenvalue weighted by atomic mass is 10.1. The third-order valence-corrected chi connectivity index (χ3v) is 15.8. The molecule has 0 atom stereocenters. The predicted octanol–water partition coefficient (Wildman–Crippen LogP) is 20.7. The van der Waals surface area contributed by atoms with Crippen molar-refractivity contribution in [1.82, 2.24) is 24.8 Å². The predicted molar refractivity (Wildman–Crippen MR) is 462 cm³/mol. The van der Waals surface area contributed by atoms with Gasteiger partial charge in [0.05, 0.1) is 86.5 Å². The molecule has 0 aliphatic rings. The molecular formula is C89H94Cl2N14O9. The van der Waals surface area contributed by atoms with Gasteiger partial charge in [-0.15, -0.1) is 0 Å². The maximum atomic E-state index is 12.6. The molecule has 0 aliphatic carbocycles. The Hall–Kier alpha value is -13.7. The number of allylic oxidation sites excluding steroid dienone is 1. The van der Waals surface area contributed by atoms with Crippen molar-refractivity contribution in [2.24, 2.45) is 0 Å². The van der Waals surface area contributed by atoms with Crippen molar-refractivity contribution in [3.05, 3.63) is 265 Å². The average molecular weight is 1570 g/mol. The molecule has 12 rings (SSSR count). The van der Waals surface area contributed by atoms with Crippen molar-refractivity contribution in [3.8, 4) is 70.0 Å². The molecule has 23 nitrogen and oxygen atoms in total. The number of nitrogen functional groups attached to an aromatic ring is 2. The number of hydrogen-bond acceptors (Lipinski definition) is 21. The number of carbonyl (C=O) groups excluding carboxylic acids is 3. The molecule has 0 aliphatic heterocycles. The molecule has 0 saturated carbocycles. The van der Waals surface area contributed by atoms with E-state index >= 15 is 0 Å². The fourth-order valence-electron chi connectivity index (χ4n) is 10.2. The highest BCUT2D eigenvalue weighted by atomic mass is 35.5. The molecule has 0 fully saturated rings. The number of nitrogens with one attached hydrogen (secondary N) is 4. The number of anilines is 8. The summed E-state index contributed by atoms with van der Waals surface area (Å²) in [5.41, 5.74) is 19.7. The van der Waals surface area contributed by atoms with E-state index in [1.54, 1.807) is 54.7 Å². The number of hydrogen-bond donors (Lipinski definition) is 6. The Morgan fingerprint density at radius 1 is 0.465 bits per heavy atom. The second-order valence-corrected chi connectivity index (χ2v) is 25.0. The molecule has 2 amide bonds. The summed E-state index contributed by atoms with van der Waals surface area (Å²) >= 11 is 11.2. The number of rotatable bonds is 24. The molecule has 0 bridgehead atoms. The molecule has 9 aromatic carbocycles. The molecule has 588 valence electrons. The highest BCUT2D eigenvalue weighted by molar-refractivity contribution is 6.66. The number of amides is 2. The minimum absolute atomic E-state index is 0. The number of nitrogens with two attached hydrogens (primary N) is 2. The second-order valence-electron chi connectivity index (χ2n) is 24.3. The number of benzene rings is 9. The van der Waals surface area contributed by atoms with Gasteiger partial charge in [-0.3, -0.25) is 29.3 Å². The summed E-state index contributed by atoms with van der Waals surface area (Å²) in [6, 6.07) is 67.9. The quantitative estimate of drug-likeness (QED) is 0.0186. The van der Waals surface area contributed by atoms with Gasteiger partial charge in [0.15, 0.2) is 0 Å². The van der Waals surface area contributed by atoms with E-state index in [4.69, 9.17) is 68.4 Å². The Morgan fingerprint density at radius 2 is 0.816 bits per heavy atom. The molecule has 0 saturated heterocycles. The molecule has 8 N–H and O–H groups in total. The summed E-state index contributed by atoms with van der Waals surface area (Å²) in [7, 11) is 7.69. The van der Waals surface area contributed by atoms with Crippen LogP contribution in [0.25, 0.3) is 32.7 Å². The minimum atomic E-state index is -0.420. The Kier molecular flexibility index (Phi) is 37.2. The van der Waals surface area contributed by atoms with E-state index < -0.39 is 5.24 Å². The summed E-state index contributed by atoms with van der Waals surface area (Å²) in [6.45, 7) is 9.80. The zero-order valence-corrected chi connectivity index (χ0v) is 63.8. The van der Waals surface area contributed by atoms with Crippen LogP contribution in [0.15, 0.2) is 243 Å². The first-order valence-corrected chi connectivity index (χ1v) is 35.5. The number of para-hydroxylation sites is 3. The first-order chi connectivity index (χ1) is 53.7. The van der Waals surface area contributed by atoms with Crippen molar-refractivity contribution >= 4 is 118 Å². The number of likely N-dealkylation sites (N-methyl/N-ethyl adjacent to an activating group) is 2. The number of fused-ring (bicyclic) bond motifs is 3. The molecule has 25 heteroatoms. The number of halogens is 2. The maximum absolute atomic E-state index is 12.6. The van der Waals surface area contributed by atoms with Gasteiger partial charge >= 0.3 is 0 Å². The summed E-state index contributed by atoms with van der Waals surface area (Å²) < 4.78 is 34.1. The Labute approximate surface area is 676 Å². The lowest BCUT2D eigenvalue weighted by molar-refractivity contribution is -0.114. The monoisotopic (exact) mass is 1570 g/mol. The van der Waals surface area contributed by atoms with Gasteiger partial charge in [0.1, 0.15) is 70.0 Å². The van der Waals surface area contributed by atoms with Gasteiger partial charge in [-0.05, 0) is 194 Å². The highest BCUT2D eigenvalue weighted by Gasteiger charge is 2.18. The van der Waals surface area contributed by atoms with E-state index in [9.17, 15) is 24.9 Å². The van der Waals surface area contributed by atoms with Crippen LogP contribution in [-0.2, 0) is 14.4 Å². The summed E-state index contributed by atoms with van der Waals surface area (Å²) in [5.74, 6) is 5.66. The first kappa shape index (κ1) is 90.9. The third kappa shape index (κ3) is 28.0. The zero-order valence-electron chi connectivity index (χ0n) is 62.3. The van der Waals surface area contributed by atoms with E-state index in [1.807, 2.05) is 229 Å². The van der Waals surface area contributed by atoms with Crippen LogP contribution < -0.4 is 61.2 Å². The molecule has 0 unspecified atom stereocenters. The van der Waals surface area contributed by atoms with Gasteiger partial charge in [0.25, 0.3) is 0 Å². The van der Waals surface area contributed by atoms with Crippen LogP contribution >= 0.6 is 23.2 Å². The van der Waals surface area contributed by atoms with Gasteiger partial charge in [0.2, 0.25) is 17.1 Å². The van der Waals surface area contributed by atoms with Crippen LogP contribution in [0, 0.1) is 34.0 Å². The normalized spacial score (nSPS) is 10.2. The van der Waals surface area contributed by atoms with E-state index in [2.05, 4.69) is 48.4 Å². The van der Waals surface area contributed by atoms with E-state index in [0.717, 1.165) is 57.7 Å². The van der Waals surface area contributed by atoms with Gasteiger partial charge in [0, 0.05) is 96.1 Å². The highest BCUT2D eigenvalue weighted by Crippen LogP contribution is 2.39. The molecule has 3 aromatic heterocycles. The molecular weight excluding hydrogens is 1480 g/mol. The van der Waals surface area contributed by atoms with Gasteiger partial charge in [-0.2, -0.15) is 15.8 Å². The van der Waals surface area contributed by atoms with Gasteiger partial charge in [-0.1, -0.05) is 101 Å². The molecule has 114 heavy (non-hydrogen) atoms. The average Bonchev–Trinajstić information content (AvgIpc) is 0.791. The molecule has 0 spiro atoms. The topological polar surface area (TPSA) is 323 Å². The van der Waals surface area contributed by atoms with Crippen molar-refractivity contribution in [2.45, 2.75) is 50.0 Å². The van der Waals surface area contributed by atoms with Crippen LogP contribution in [0.2, 0.25) is 5.02 Å². The van der Waals surface area contributed by atoms with Gasteiger partial charge in [-0.25, -0.2) is 0 Å². The lowest BCUT2D eigenvalue weighted by Crippen LogP contribution is -2.13.